The van der Waals surface area contributed by atoms with Gasteiger partial charge in [0.1, 0.15) is 11.5 Å². The maximum Gasteiger partial charge on any atom is 0.272 e. The van der Waals surface area contributed by atoms with Gasteiger partial charge in [0.15, 0.2) is 0 Å². The lowest BCUT2D eigenvalue weighted by Crippen LogP contribution is -2.49. The highest BCUT2D eigenvalue weighted by Gasteiger charge is 2.23. The number of anilines is 1. The predicted octanol–water partition coefficient (Wildman–Crippen LogP) is 1.62. The molecule has 1 saturated heterocycles. The number of hydrogen-bond acceptors (Lipinski definition) is 5. The monoisotopic (exact) mass is 334 g/mol. The first-order valence-corrected chi connectivity index (χ1v) is 8.21. The Kier molecular flexibility index (Phi) is 4.12. The van der Waals surface area contributed by atoms with E-state index in [1.54, 1.807) is 31.0 Å². The van der Waals surface area contributed by atoms with Crippen LogP contribution in [0, 0.1) is 0 Å². The minimum Gasteiger partial charge on any atom is -0.353 e. The Labute approximate surface area is 145 Å². The molecule has 1 amide bonds. The molecule has 0 aliphatic carbocycles. The van der Waals surface area contributed by atoms with E-state index in [0.717, 1.165) is 24.6 Å². The minimum atomic E-state index is -0.0392. The van der Waals surface area contributed by atoms with E-state index in [1.807, 2.05) is 39.9 Å². The number of rotatable bonds is 3. The summed E-state index contributed by atoms with van der Waals surface area (Å²) in [6.45, 7) is 2.85. The molecule has 1 aliphatic heterocycles. The molecule has 4 rings (SSSR count). The van der Waals surface area contributed by atoms with E-state index in [0.29, 0.717) is 18.8 Å². The van der Waals surface area contributed by atoms with Crippen LogP contribution in [0.25, 0.3) is 5.69 Å². The smallest absolute Gasteiger partial charge is 0.272 e. The number of nitrogens with zero attached hydrogens (tertiary/aromatic N) is 6. The van der Waals surface area contributed by atoms with E-state index in [1.165, 1.54) is 0 Å². The van der Waals surface area contributed by atoms with Gasteiger partial charge in [0, 0.05) is 51.0 Å². The van der Waals surface area contributed by atoms with Crippen molar-refractivity contribution in [1.82, 2.24) is 24.4 Å². The van der Waals surface area contributed by atoms with Gasteiger partial charge in [-0.15, -0.1) is 0 Å². The van der Waals surface area contributed by atoms with Crippen LogP contribution >= 0.6 is 0 Å². The number of amides is 1. The lowest BCUT2D eigenvalue weighted by Gasteiger charge is -2.35. The van der Waals surface area contributed by atoms with Crippen molar-refractivity contribution in [3.05, 3.63) is 67.1 Å². The fourth-order valence-electron chi connectivity index (χ4n) is 2.95. The van der Waals surface area contributed by atoms with Gasteiger partial charge in [-0.1, -0.05) is 6.07 Å². The first kappa shape index (κ1) is 15.3. The first-order valence-electron chi connectivity index (χ1n) is 8.21. The van der Waals surface area contributed by atoms with Crippen molar-refractivity contribution < 1.29 is 4.79 Å². The molecule has 25 heavy (non-hydrogen) atoms. The van der Waals surface area contributed by atoms with Crippen LogP contribution in [0.5, 0.6) is 0 Å². The summed E-state index contributed by atoms with van der Waals surface area (Å²) in [5.74, 6) is 0.914. The maximum absolute atomic E-state index is 12.8. The van der Waals surface area contributed by atoms with Gasteiger partial charge in [0.25, 0.3) is 5.91 Å². The van der Waals surface area contributed by atoms with Crippen molar-refractivity contribution in [2.45, 2.75) is 0 Å². The Morgan fingerprint density at radius 2 is 1.84 bits per heavy atom. The molecule has 0 bridgehead atoms. The molecule has 1 fully saturated rings. The fraction of sp³-hybridized carbons (Fsp3) is 0.222. The minimum absolute atomic E-state index is 0.0392. The lowest BCUT2D eigenvalue weighted by atomic mass is 10.2. The number of carbonyl (C=O) groups is 1. The molecule has 0 N–H and O–H groups in total. The fourth-order valence-corrected chi connectivity index (χ4v) is 2.95. The van der Waals surface area contributed by atoms with E-state index in [-0.39, 0.29) is 5.91 Å². The quantitative estimate of drug-likeness (QED) is 0.728. The molecule has 3 aromatic heterocycles. The van der Waals surface area contributed by atoms with Gasteiger partial charge in [-0.05, 0) is 24.3 Å². The Hall–Kier alpha value is -3.22. The van der Waals surface area contributed by atoms with E-state index in [9.17, 15) is 4.79 Å². The number of imidazole rings is 1. The van der Waals surface area contributed by atoms with Gasteiger partial charge in [-0.25, -0.2) is 9.97 Å². The van der Waals surface area contributed by atoms with Crippen LogP contribution < -0.4 is 4.90 Å². The van der Waals surface area contributed by atoms with Gasteiger partial charge >= 0.3 is 0 Å². The molecule has 4 heterocycles. The normalized spacial score (nSPS) is 14.6. The Bertz CT molecular complexity index is 841. The molecule has 0 atom stereocenters. The zero-order valence-corrected chi connectivity index (χ0v) is 13.7. The van der Waals surface area contributed by atoms with Crippen LogP contribution in [0.1, 0.15) is 10.5 Å². The van der Waals surface area contributed by atoms with Crippen LogP contribution in [0.3, 0.4) is 0 Å². The Morgan fingerprint density at radius 3 is 2.56 bits per heavy atom. The summed E-state index contributed by atoms with van der Waals surface area (Å²) < 4.78 is 1.86. The largest absolute Gasteiger partial charge is 0.353 e. The van der Waals surface area contributed by atoms with Crippen molar-refractivity contribution in [2.24, 2.45) is 0 Å². The lowest BCUT2D eigenvalue weighted by molar-refractivity contribution is 0.0740. The van der Waals surface area contributed by atoms with Crippen molar-refractivity contribution in [1.29, 1.82) is 0 Å². The van der Waals surface area contributed by atoms with Gasteiger partial charge < -0.3 is 14.4 Å². The van der Waals surface area contributed by atoms with E-state index < -0.39 is 0 Å². The summed E-state index contributed by atoms with van der Waals surface area (Å²) in [5.41, 5.74) is 1.33. The molecule has 0 spiro atoms. The van der Waals surface area contributed by atoms with E-state index in [2.05, 4.69) is 19.9 Å². The molecule has 0 unspecified atom stereocenters. The van der Waals surface area contributed by atoms with Gasteiger partial charge in [-0.3, -0.25) is 9.78 Å². The van der Waals surface area contributed by atoms with Crippen LogP contribution in [0.15, 0.2) is 61.4 Å². The molecule has 1 aliphatic rings. The molecular formula is C18H18N6O. The van der Waals surface area contributed by atoms with Crippen molar-refractivity contribution in [3.63, 3.8) is 0 Å². The molecule has 3 aromatic rings. The molecule has 126 valence electrons. The first-order chi connectivity index (χ1) is 12.3. The standard InChI is InChI=1S/C18H18N6O/c25-18(16-13-15(4-6-20-16)24-8-7-19-14-24)23-11-9-22(10-12-23)17-3-1-2-5-21-17/h1-8,13-14H,9-12H2. The van der Waals surface area contributed by atoms with Crippen molar-refractivity contribution >= 4 is 11.7 Å². The third-order valence-electron chi connectivity index (χ3n) is 4.31. The van der Waals surface area contributed by atoms with Gasteiger partial charge in [0.2, 0.25) is 0 Å². The summed E-state index contributed by atoms with van der Waals surface area (Å²) in [7, 11) is 0. The Morgan fingerprint density at radius 1 is 0.960 bits per heavy atom. The highest BCUT2D eigenvalue weighted by atomic mass is 16.2. The Balaban J connectivity index is 1.45. The average molecular weight is 334 g/mol. The zero-order chi connectivity index (χ0) is 17.1. The molecule has 0 saturated carbocycles. The molecule has 0 radical (unpaired) electrons. The second-order valence-corrected chi connectivity index (χ2v) is 5.84. The summed E-state index contributed by atoms with van der Waals surface area (Å²) in [5, 5.41) is 0. The molecular weight excluding hydrogens is 316 g/mol. The summed E-state index contributed by atoms with van der Waals surface area (Å²) in [4.78, 5) is 29.5. The molecule has 7 heteroatoms. The second-order valence-electron chi connectivity index (χ2n) is 5.84. The van der Waals surface area contributed by atoms with E-state index in [4.69, 9.17) is 0 Å². The van der Waals surface area contributed by atoms with Crippen molar-refractivity contribution in [2.75, 3.05) is 31.1 Å². The number of piperazine rings is 1. The SMILES string of the molecule is O=C(c1cc(-n2ccnc2)ccn1)N1CCN(c2ccccn2)CC1. The van der Waals surface area contributed by atoms with Crippen LogP contribution in [-0.4, -0.2) is 56.5 Å². The average Bonchev–Trinajstić information content (AvgIpc) is 3.23. The summed E-state index contributed by atoms with van der Waals surface area (Å²) >= 11 is 0. The number of pyridine rings is 2. The third kappa shape index (κ3) is 3.21. The highest BCUT2D eigenvalue weighted by molar-refractivity contribution is 5.93. The second kappa shape index (κ2) is 6.72. The van der Waals surface area contributed by atoms with Crippen LogP contribution in [0.4, 0.5) is 5.82 Å². The number of hydrogen-bond donors (Lipinski definition) is 0. The number of aromatic nitrogens is 4. The number of carbonyl (C=O) groups excluding carboxylic acids is 1. The maximum atomic E-state index is 12.8. The van der Waals surface area contributed by atoms with Crippen LogP contribution in [0.2, 0.25) is 0 Å². The van der Waals surface area contributed by atoms with Gasteiger partial charge in [-0.2, -0.15) is 0 Å². The molecule has 7 nitrogen and oxygen atoms in total. The topological polar surface area (TPSA) is 67.2 Å². The zero-order valence-electron chi connectivity index (χ0n) is 13.7. The van der Waals surface area contributed by atoms with Gasteiger partial charge in [0.05, 0.1) is 12.0 Å². The predicted molar refractivity (Wildman–Crippen MR) is 93.7 cm³/mol. The highest BCUT2D eigenvalue weighted by Crippen LogP contribution is 2.15. The van der Waals surface area contributed by atoms with Crippen molar-refractivity contribution in [3.8, 4) is 5.69 Å². The summed E-state index contributed by atoms with van der Waals surface area (Å²) in [6.07, 6.45) is 8.70. The third-order valence-corrected chi connectivity index (χ3v) is 4.31. The van der Waals surface area contributed by atoms with Crippen LogP contribution in [-0.2, 0) is 0 Å². The summed E-state index contributed by atoms with van der Waals surface area (Å²) in [6, 6.07) is 9.54. The molecule has 0 aromatic carbocycles. The van der Waals surface area contributed by atoms with E-state index >= 15 is 0 Å².